The van der Waals surface area contributed by atoms with Crippen LogP contribution in [0.5, 0.6) is 17.2 Å². The topological polar surface area (TPSA) is 156 Å². The first-order valence-corrected chi connectivity index (χ1v) is 20.2. The van der Waals surface area contributed by atoms with Gasteiger partial charge in [0.1, 0.15) is 36.1 Å². The minimum Gasteiger partial charge on any atom is -0.508 e. The molecular weight excluding hydrogens is 731 g/mol. The van der Waals surface area contributed by atoms with Gasteiger partial charge >= 0.3 is 0 Å². The summed E-state index contributed by atoms with van der Waals surface area (Å²) in [6, 6.07) is 23.5. The number of benzene rings is 4. The number of aliphatic hydroxyl groups excluding tert-OH is 2. The van der Waals surface area contributed by atoms with Crippen LogP contribution >= 0.6 is 0 Å². The lowest BCUT2D eigenvalue weighted by molar-refractivity contribution is -0.121. The van der Waals surface area contributed by atoms with E-state index < -0.39 is 6.10 Å². The van der Waals surface area contributed by atoms with Crippen molar-refractivity contribution < 1.29 is 34.3 Å². The fraction of sp³-hybridized carbons (Fsp3) is 0.375. The van der Waals surface area contributed by atoms with Gasteiger partial charge in [0.15, 0.2) is 17.5 Å². The molecule has 1 aliphatic carbocycles. The minimum atomic E-state index is -0.529. The second-order valence-corrected chi connectivity index (χ2v) is 15.1. The Morgan fingerprint density at radius 2 is 1.83 bits per heavy atom. The maximum atomic E-state index is 13.7. The van der Waals surface area contributed by atoms with Crippen molar-refractivity contribution in [3.05, 3.63) is 119 Å². The number of Topliss-reactive ketones (excluding diaryl/α,β-unsaturated/α-hetero) is 1. The fourth-order valence-corrected chi connectivity index (χ4v) is 7.86. The van der Waals surface area contributed by atoms with Gasteiger partial charge in [-0.1, -0.05) is 54.8 Å². The summed E-state index contributed by atoms with van der Waals surface area (Å²) in [4.78, 5) is 17.6. The average molecular weight is 786 g/mol. The summed E-state index contributed by atoms with van der Waals surface area (Å²) in [6.45, 7) is 0.364. The van der Waals surface area contributed by atoms with Crippen LogP contribution < -0.4 is 20.5 Å². The number of ether oxygens (including phenoxy) is 3. The monoisotopic (exact) mass is 785 g/mol. The van der Waals surface area contributed by atoms with Crippen LogP contribution in [0, 0.1) is 23.9 Å². The molecule has 0 radical (unpaired) electrons. The van der Waals surface area contributed by atoms with Crippen LogP contribution in [0.4, 0.5) is 5.69 Å². The molecule has 6 N–H and O–H groups in total. The number of ketones is 1. The quantitative estimate of drug-likeness (QED) is 0.0412. The molecule has 3 atom stereocenters. The molecule has 4 aromatic carbocycles. The van der Waals surface area contributed by atoms with E-state index in [1.54, 1.807) is 20.2 Å². The minimum absolute atomic E-state index is 0.0432. The Hall–Kier alpha value is -5.92. The van der Waals surface area contributed by atoms with Crippen LogP contribution in [-0.2, 0) is 35.4 Å². The Morgan fingerprint density at radius 1 is 0.966 bits per heavy atom. The number of unbranched alkanes of at least 4 members (excludes halogenated alkanes) is 1. The Labute approximate surface area is 341 Å². The van der Waals surface area contributed by atoms with Gasteiger partial charge < -0.3 is 40.6 Å². The highest BCUT2D eigenvalue weighted by atomic mass is 16.5. The summed E-state index contributed by atoms with van der Waals surface area (Å²) in [7, 11) is 3.25. The number of nitrogens with one attached hydrogen (secondary N) is 1. The van der Waals surface area contributed by atoms with Crippen LogP contribution in [-0.4, -0.2) is 53.9 Å². The van der Waals surface area contributed by atoms with E-state index in [0.29, 0.717) is 61.7 Å². The lowest BCUT2D eigenvalue weighted by Gasteiger charge is -2.30. The van der Waals surface area contributed by atoms with Crippen molar-refractivity contribution in [2.45, 2.75) is 83.3 Å². The summed E-state index contributed by atoms with van der Waals surface area (Å²) in [5.74, 6) is 5.10. The third-order valence-electron chi connectivity index (χ3n) is 11.0. The Bertz CT molecular complexity index is 2220. The number of methoxy groups -OCH3 is 1. The van der Waals surface area contributed by atoms with Crippen molar-refractivity contribution in [1.82, 2.24) is 0 Å². The lowest BCUT2D eigenvalue weighted by atomic mass is 9.77. The number of aliphatic imine (C=N–C) groups is 1. The van der Waals surface area contributed by atoms with Crippen LogP contribution in [0.25, 0.3) is 10.8 Å². The number of phenolic OH excluding ortho intramolecular Hbond substituents is 1. The predicted molar refractivity (Wildman–Crippen MR) is 229 cm³/mol. The summed E-state index contributed by atoms with van der Waals surface area (Å²) in [5, 5.41) is 36.5. The van der Waals surface area contributed by atoms with Gasteiger partial charge in [-0.25, -0.2) is 0 Å². The van der Waals surface area contributed by atoms with E-state index >= 15 is 0 Å². The van der Waals surface area contributed by atoms with Crippen molar-refractivity contribution >= 4 is 28.2 Å². The molecule has 0 amide bonds. The van der Waals surface area contributed by atoms with E-state index in [1.165, 1.54) is 5.56 Å². The number of nitrogens with two attached hydrogens (primary N) is 1. The molecule has 0 fully saturated rings. The number of hydrogen-bond acceptors (Lipinski definition) is 8. The third-order valence-corrected chi connectivity index (χ3v) is 11.0. The molecule has 0 unspecified atom stereocenters. The van der Waals surface area contributed by atoms with E-state index in [9.17, 15) is 20.1 Å². The normalized spacial score (nSPS) is 18.8. The van der Waals surface area contributed by atoms with E-state index in [1.807, 2.05) is 60.7 Å². The van der Waals surface area contributed by atoms with Gasteiger partial charge in [0.25, 0.3) is 0 Å². The number of nitrogens with zero attached hydrogens (tertiary/aromatic N) is 1. The van der Waals surface area contributed by atoms with E-state index in [0.717, 1.165) is 58.8 Å². The molecule has 0 saturated heterocycles. The first kappa shape index (κ1) is 41.7. The van der Waals surface area contributed by atoms with Gasteiger partial charge in [0.2, 0.25) is 0 Å². The highest BCUT2D eigenvalue weighted by molar-refractivity contribution is 5.92. The number of fused-ring (bicyclic) bond motifs is 9. The first-order valence-electron chi connectivity index (χ1n) is 20.2. The number of aryl methyl sites for hydroxylation is 2. The molecule has 2 heterocycles. The molecule has 7 rings (SSSR count). The van der Waals surface area contributed by atoms with E-state index in [-0.39, 0.29) is 48.6 Å². The third kappa shape index (κ3) is 11.4. The Balaban J connectivity index is 1.22. The number of hydrogen-bond donors (Lipinski definition) is 5. The van der Waals surface area contributed by atoms with Gasteiger partial charge in [-0.15, -0.1) is 0 Å². The van der Waals surface area contributed by atoms with Crippen molar-refractivity contribution in [3.8, 4) is 29.3 Å². The highest BCUT2D eigenvalue weighted by Gasteiger charge is 2.29. The maximum absolute atomic E-state index is 13.7. The zero-order chi connectivity index (χ0) is 40.9. The fourth-order valence-electron chi connectivity index (χ4n) is 7.86. The van der Waals surface area contributed by atoms with Crippen LogP contribution in [0.1, 0.15) is 73.6 Å². The van der Waals surface area contributed by atoms with Gasteiger partial charge in [-0.3, -0.25) is 9.79 Å². The van der Waals surface area contributed by atoms with Gasteiger partial charge in [-0.05, 0) is 132 Å². The second kappa shape index (κ2) is 20.5. The summed E-state index contributed by atoms with van der Waals surface area (Å²) in [6.07, 6.45) is 13.0. The summed E-state index contributed by atoms with van der Waals surface area (Å²) in [5.41, 5.74) is 11.4. The van der Waals surface area contributed by atoms with Crippen LogP contribution in [0.15, 0.2) is 101 Å². The lowest BCUT2D eigenvalue weighted by Crippen LogP contribution is -2.25. The smallest absolute Gasteiger partial charge is 0.192 e. The second-order valence-electron chi connectivity index (χ2n) is 15.1. The summed E-state index contributed by atoms with van der Waals surface area (Å²) < 4.78 is 18.1. The molecule has 6 bridgehead atoms. The zero-order valence-corrected chi connectivity index (χ0v) is 33.5. The van der Waals surface area contributed by atoms with E-state index in [4.69, 9.17) is 19.9 Å². The largest absolute Gasteiger partial charge is 0.508 e. The number of allylic oxidation sites excluding steroid dienone is 3. The zero-order valence-electron chi connectivity index (χ0n) is 33.5. The molecule has 0 aromatic heterocycles. The molecule has 10 nitrogen and oxygen atoms in total. The van der Waals surface area contributed by atoms with Crippen molar-refractivity contribution in [3.63, 3.8) is 0 Å². The van der Waals surface area contributed by atoms with Crippen molar-refractivity contribution in [2.24, 2.45) is 22.6 Å². The van der Waals surface area contributed by atoms with Gasteiger partial charge in [0.05, 0.1) is 7.11 Å². The molecule has 58 heavy (non-hydrogen) atoms. The number of carbonyl (C=O) groups excluding carboxylic acids is 1. The van der Waals surface area contributed by atoms with Crippen molar-refractivity contribution in [1.29, 1.82) is 0 Å². The van der Waals surface area contributed by atoms with Gasteiger partial charge in [0, 0.05) is 44.2 Å². The molecule has 304 valence electrons. The SMILES string of the molecule is CN=C(N)Nc1cccc(CCCC[C@@H]2C=C(CCCO)C(O)=C[C@@H]2C[C@@H]2CC(=O)CCc3ccc(OC)c(c3)OCc3ccc4c(c(O)ccc4c3)CC#CO2)c1. The van der Waals surface area contributed by atoms with Crippen molar-refractivity contribution in [2.75, 3.05) is 26.1 Å². The number of phenols is 1. The molecule has 4 aromatic rings. The first-order chi connectivity index (χ1) is 28.2. The van der Waals surface area contributed by atoms with Crippen LogP contribution in [0.3, 0.4) is 0 Å². The standard InChI is InChI=1S/C48H55N3O7/c1-50-48(49)51-39-12-5-9-32(25-39)8-3-4-10-35-27-37(11-6-22-52)45(55)29-38(35)28-41-30-40(53)18-14-33-16-21-46(56-2)47(26-33)58-31-34-15-19-42-36(24-34)17-20-44(54)43(42)13-7-23-57-41/h5,9,12,15-17,19-21,24-27,29,35,38,41,52,54-55H,3-4,6,8,10-11,13-14,18,22,28,30-31H2,1-2H3,(H3,49,50,51)/t35-,38+,41-/m1/s1. The Morgan fingerprint density at radius 3 is 2.66 bits per heavy atom. The molecule has 2 aliphatic heterocycles. The van der Waals surface area contributed by atoms with E-state index in [2.05, 4.69) is 40.5 Å². The predicted octanol–water partition coefficient (Wildman–Crippen LogP) is 8.47. The highest BCUT2D eigenvalue weighted by Crippen LogP contribution is 2.37. The molecular formula is C48H55N3O7. The van der Waals surface area contributed by atoms with Gasteiger partial charge in [-0.2, -0.15) is 0 Å². The number of rotatable bonds is 12. The number of carbonyl (C=O) groups is 1. The Kier molecular flexibility index (Phi) is 14.7. The number of anilines is 1. The number of aliphatic hydroxyl groups is 2. The number of aromatic hydroxyl groups is 1. The van der Waals surface area contributed by atoms with Crippen LogP contribution in [0.2, 0.25) is 0 Å². The number of guanidine groups is 1. The average Bonchev–Trinajstić information content (AvgIpc) is 3.22. The maximum Gasteiger partial charge on any atom is 0.192 e. The molecule has 0 saturated carbocycles. The molecule has 0 spiro atoms. The summed E-state index contributed by atoms with van der Waals surface area (Å²) >= 11 is 0. The molecule has 10 heteroatoms. The molecule has 3 aliphatic rings.